The van der Waals surface area contributed by atoms with Crippen LogP contribution >= 0.6 is 0 Å². The zero-order chi connectivity index (χ0) is 17.8. The fraction of sp³-hybridized carbons (Fsp3) is 0.111. The summed E-state index contributed by atoms with van der Waals surface area (Å²) in [5.41, 5.74) is 0.596. The summed E-state index contributed by atoms with van der Waals surface area (Å²) >= 11 is 0. The first kappa shape index (κ1) is 16.6. The molecule has 0 saturated heterocycles. The molecule has 128 valence electrons. The maximum atomic E-state index is 14.2. The molecule has 1 N–H and O–H groups in total. The highest BCUT2D eigenvalue weighted by Gasteiger charge is 2.12. The van der Waals surface area contributed by atoms with Crippen molar-refractivity contribution in [2.45, 2.75) is 6.92 Å². The van der Waals surface area contributed by atoms with Gasteiger partial charge in [0.15, 0.2) is 11.6 Å². The third-order valence-corrected chi connectivity index (χ3v) is 3.45. The van der Waals surface area contributed by atoms with Crippen LogP contribution in [0.5, 0.6) is 5.75 Å². The Labute approximate surface area is 142 Å². The molecule has 1 amide bonds. The zero-order valence-corrected chi connectivity index (χ0v) is 13.4. The van der Waals surface area contributed by atoms with Gasteiger partial charge in [-0.2, -0.15) is 5.10 Å². The molecule has 1 heterocycles. The summed E-state index contributed by atoms with van der Waals surface area (Å²) < 4.78 is 34.5. The van der Waals surface area contributed by atoms with E-state index in [9.17, 15) is 13.6 Å². The van der Waals surface area contributed by atoms with Crippen LogP contribution in [0, 0.1) is 11.6 Å². The number of anilines is 1. The van der Waals surface area contributed by atoms with Crippen molar-refractivity contribution in [2.24, 2.45) is 0 Å². The Hall–Kier alpha value is -3.22. The number of ether oxygens (including phenoxy) is 1. The van der Waals surface area contributed by atoms with Gasteiger partial charge in [-0.15, -0.1) is 0 Å². The van der Waals surface area contributed by atoms with E-state index < -0.39 is 17.5 Å². The molecule has 1 aromatic heterocycles. The highest BCUT2D eigenvalue weighted by molar-refractivity contribution is 6.04. The van der Waals surface area contributed by atoms with E-state index >= 15 is 0 Å². The summed E-state index contributed by atoms with van der Waals surface area (Å²) in [5.74, 6) is -1.61. The van der Waals surface area contributed by atoms with E-state index in [-0.39, 0.29) is 22.7 Å². The first-order chi connectivity index (χ1) is 12.1. The van der Waals surface area contributed by atoms with Crippen molar-refractivity contribution in [3.63, 3.8) is 0 Å². The van der Waals surface area contributed by atoms with Gasteiger partial charge in [0, 0.05) is 29.7 Å². The van der Waals surface area contributed by atoms with Crippen LogP contribution in [0.1, 0.15) is 17.3 Å². The summed E-state index contributed by atoms with van der Waals surface area (Å²) in [6, 6.07) is 9.79. The lowest BCUT2D eigenvalue weighted by Crippen LogP contribution is -2.13. The molecule has 0 aliphatic rings. The van der Waals surface area contributed by atoms with Crippen molar-refractivity contribution in [3.8, 4) is 11.4 Å². The standard InChI is InChI=1S/C18H15F2N3O2/c1-2-25-17-7-5-13(11-15(17)20)22-18(24)12-4-6-16(14(19)10-12)23-9-3-8-21-23/h3-11H,2H2,1H3,(H,22,24). The minimum atomic E-state index is -0.589. The SMILES string of the molecule is CCOc1ccc(NC(=O)c2ccc(-n3cccn3)c(F)c2)cc1F. The van der Waals surface area contributed by atoms with Gasteiger partial charge in [0.25, 0.3) is 5.91 Å². The molecule has 0 spiro atoms. The van der Waals surface area contributed by atoms with Gasteiger partial charge in [0.2, 0.25) is 0 Å². The lowest BCUT2D eigenvalue weighted by atomic mass is 10.1. The number of aromatic nitrogens is 2. The molecule has 25 heavy (non-hydrogen) atoms. The van der Waals surface area contributed by atoms with Crippen molar-refractivity contribution in [2.75, 3.05) is 11.9 Å². The number of carbonyl (C=O) groups excluding carboxylic acids is 1. The van der Waals surface area contributed by atoms with Crippen LogP contribution in [0.4, 0.5) is 14.5 Å². The predicted molar refractivity (Wildman–Crippen MR) is 89.0 cm³/mol. The summed E-state index contributed by atoms with van der Waals surface area (Å²) in [6.45, 7) is 2.08. The van der Waals surface area contributed by atoms with E-state index in [1.165, 1.54) is 35.1 Å². The topological polar surface area (TPSA) is 56.1 Å². The average Bonchev–Trinajstić information content (AvgIpc) is 3.11. The number of amides is 1. The summed E-state index contributed by atoms with van der Waals surface area (Å²) in [7, 11) is 0. The van der Waals surface area contributed by atoms with Crippen molar-refractivity contribution < 1.29 is 18.3 Å². The van der Waals surface area contributed by atoms with Gasteiger partial charge >= 0.3 is 0 Å². The molecule has 7 heteroatoms. The van der Waals surface area contributed by atoms with Gasteiger partial charge in [-0.3, -0.25) is 4.79 Å². The Morgan fingerprint density at radius 2 is 2.04 bits per heavy atom. The lowest BCUT2D eigenvalue weighted by Gasteiger charge is -2.09. The lowest BCUT2D eigenvalue weighted by molar-refractivity contribution is 0.102. The molecule has 0 atom stereocenters. The smallest absolute Gasteiger partial charge is 0.255 e. The summed E-state index contributed by atoms with van der Waals surface area (Å²) in [6.07, 6.45) is 3.13. The second-order valence-electron chi connectivity index (χ2n) is 5.15. The van der Waals surface area contributed by atoms with Gasteiger partial charge in [-0.1, -0.05) is 0 Å². The Kier molecular flexibility index (Phi) is 4.74. The molecular weight excluding hydrogens is 328 g/mol. The van der Waals surface area contributed by atoms with Crippen LogP contribution in [-0.2, 0) is 0 Å². The van der Waals surface area contributed by atoms with Crippen molar-refractivity contribution in [1.82, 2.24) is 9.78 Å². The van der Waals surface area contributed by atoms with Crippen molar-refractivity contribution in [3.05, 3.63) is 72.1 Å². The monoisotopic (exact) mass is 343 g/mol. The Morgan fingerprint density at radius 1 is 1.20 bits per heavy atom. The normalized spacial score (nSPS) is 10.5. The highest BCUT2D eigenvalue weighted by Crippen LogP contribution is 2.22. The van der Waals surface area contributed by atoms with Gasteiger partial charge < -0.3 is 10.1 Å². The minimum Gasteiger partial charge on any atom is -0.491 e. The quantitative estimate of drug-likeness (QED) is 0.767. The number of halogens is 2. The van der Waals surface area contributed by atoms with E-state index in [1.807, 2.05) is 0 Å². The third kappa shape index (κ3) is 3.65. The molecule has 3 rings (SSSR count). The van der Waals surface area contributed by atoms with Crippen LogP contribution in [0.2, 0.25) is 0 Å². The van der Waals surface area contributed by atoms with Gasteiger partial charge in [-0.05, 0) is 43.3 Å². The first-order valence-electron chi connectivity index (χ1n) is 7.61. The number of hydrogen-bond donors (Lipinski definition) is 1. The molecule has 0 unspecified atom stereocenters. The van der Waals surface area contributed by atoms with E-state index in [0.717, 1.165) is 12.1 Å². The van der Waals surface area contributed by atoms with Crippen LogP contribution in [0.3, 0.4) is 0 Å². The molecule has 0 fully saturated rings. The number of nitrogens with one attached hydrogen (secondary N) is 1. The molecule has 0 aliphatic heterocycles. The van der Waals surface area contributed by atoms with Crippen LogP contribution in [0.25, 0.3) is 5.69 Å². The molecule has 3 aromatic rings. The summed E-state index contributed by atoms with van der Waals surface area (Å²) in [4.78, 5) is 12.2. The average molecular weight is 343 g/mol. The van der Waals surface area contributed by atoms with Crippen molar-refractivity contribution in [1.29, 1.82) is 0 Å². The van der Waals surface area contributed by atoms with Crippen LogP contribution < -0.4 is 10.1 Å². The second-order valence-corrected chi connectivity index (χ2v) is 5.15. The first-order valence-corrected chi connectivity index (χ1v) is 7.61. The highest BCUT2D eigenvalue weighted by atomic mass is 19.1. The number of rotatable bonds is 5. The molecule has 2 aromatic carbocycles. The molecular formula is C18H15F2N3O2. The van der Waals surface area contributed by atoms with Crippen molar-refractivity contribution >= 4 is 11.6 Å². The Bertz CT molecular complexity index is 895. The van der Waals surface area contributed by atoms with E-state index in [2.05, 4.69) is 10.4 Å². The van der Waals surface area contributed by atoms with E-state index in [4.69, 9.17) is 4.74 Å². The second kappa shape index (κ2) is 7.12. The number of carbonyl (C=O) groups is 1. The fourth-order valence-electron chi connectivity index (χ4n) is 2.30. The van der Waals surface area contributed by atoms with Crippen LogP contribution in [-0.4, -0.2) is 22.3 Å². The largest absolute Gasteiger partial charge is 0.491 e. The maximum absolute atomic E-state index is 14.2. The third-order valence-electron chi connectivity index (χ3n) is 3.45. The number of benzene rings is 2. The van der Waals surface area contributed by atoms with Gasteiger partial charge in [-0.25, -0.2) is 13.5 Å². The van der Waals surface area contributed by atoms with Crippen LogP contribution in [0.15, 0.2) is 54.9 Å². The van der Waals surface area contributed by atoms with Gasteiger partial charge in [0.1, 0.15) is 11.5 Å². The molecule has 0 bridgehead atoms. The maximum Gasteiger partial charge on any atom is 0.255 e. The summed E-state index contributed by atoms with van der Waals surface area (Å²) in [5, 5.41) is 6.47. The number of hydrogen-bond acceptors (Lipinski definition) is 3. The molecule has 0 aliphatic carbocycles. The molecule has 0 saturated carbocycles. The minimum absolute atomic E-state index is 0.107. The Balaban J connectivity index is 1.77. The zero-order valence-electron chi connectivity index (χ0n) is 13.4. The molecule has 0 radical (unpaired) electrons. The van der Waals surface area contributed by atoms with E-state index in [0.29, 0.717) is 6.61 Å². The molecule has 5 nitrogen and oxygen atoms in total. The number of nitrogens with zero attached hydrogens (tertiary/aromatic N) is 2. The van der Waals surface area contributed by atoms with E-state index in [1.54, 1.807) is 19.2 Å². The van der Waals surface area contributed by atoms with Gasteiger partial charge in [0.05, 0.1) is 6.61 Å². The Morgan fingerprint density at radius 3 is 2.68 bits per heavy atom. The fourth-order valence-corrected chi connectivity index (χ4v) is 2.30. The predicted octanol–water partition coefficient (Wildman–Crippen LogP) is 3.80.